The van der Waals surface area contributed by atoms with E-state index in [0.717, 1.165) is 37.0 Å². The van der Waals surface area contributed by atoms with Crippen molar-refractivity contribution in [2.24, 2.45) is 23.7 Å². The highest BCUT2D eigenvalue weighted by atomic mass is 15.0. The zero-order chi connectivity index (χ0) is 37.6. The summed E-state index contributed by atoms with van der Waals surface area (Å²) in [7, 11) is 0. The minimum atomic E-state index is 0.402. The summed E-state index contributed by atoms with van der Waals surface area (Å²) in [5, 5.41) is 1.20. The van der Waals surface area contributed by atoms with Crippen LogP contribution in [-0.2, 0) is 6.42 Å². The molecule has 1 fully saturated rings. The van der Waals surface area contributed by atoms with E-state index in [1.165, 1.54) is 100 Å². The predicted octanol–water partition coefficient (Wildman–Crippen LogP) is 10.2. The number of pyridine rings is 1. The molecule has 2 aliphatic heterocycles. The van der Waals surface area contributed by atoms with Crippen LogP contribution >= 0.6 is 0 Å². The molecule has 7 rings (SSSR count). The van der Waals surface area contributed by atoms with E-state index < -0.39 is 0 Å². The number of benzene rings is 2. The summed E-state index contributed by atoms with van der Waals surface area (Å²) in [5.74, 6) is 2.59. The standard InChI is InChI=1S/C51H58N3/c1-37-13-7-10-16-46(37)49-28-25-40(34-52(49)4)19-22-43-31-44(23-20-41-26-29-50(53(5)35-41)47-17-11-8-14-38(47)2)33-45(32-43)24-21-42-27-30-51(54(6)36-42)48-18-12-9-15-39(48)3/h7-18,25-30,34-37,43-45H,4-6,19-24,31-33H2,1-3H3/q+1/b49-46-/t37?,43?,44-,45+. The molecule has 54 heavy (non-hydrogen) atoms. The Morgan fingerprint density at radius 1 is 0.630 bits per heavy atom. The van der Waals surface area contributed by atoms with Crippen molar-refractivity contribution in [1.82, 2.24) is 0 Å². The van der Waals surface area contributed by atoms with E-state index in [0.29, 0.717) is 5.92 Å². The molecule has 4 atom stereocenters. The molecule has 3 heteroatoms. The molecule has 0 radical (unpaired) electrons. The first-order valence-corrected chi connectivity index (χ1v) is 20.1. The molecule has 4 aliphatic rings. The maximum Gasteiger partial charge on any atom is 0.213 e. The number of nitrogens with zero attached hydrogens (tertiary/aromatic N) is 3. The van der Waals surface area contributed by atoms with E-state index in [9.17, 15) is 0 Å². The smallest absolute Gasteiger partial charge is 0.213 e. The van der Waals surface area contributed by atoms with Gasteiger partial charge < -0.3 is 0 Å². The van der Waals surface area contributed by atoms with Gasteiger partial charge in [0.15, 0.2) is 6.20 Å². The van der Waals surface area contributed by atoms with Crippen LogP contribution in [0.15, 0.2) is 139 Å². The van der Waals surface area contributed by atoms with Crippen LogP contribution < -0.4 is 9.59 Å². The number of hydrogen-bond acceptors (Lipinski definition) is 0. The average Bonchev–Trinajstić information content (AvgIpc) is 3.17. The van der Waals surface area contributed by atoms with Gasteiger partial charge in [0.1, 0.15) is 31.2 Å². The van der Waals surface area contributed by atoms with Crippen LogP contribution in [0.4, 0.5) is 0 Å². The SMILES string of the molecule is C=[N+]1C=C(CC[C@@H]2CC(CCc3cc/c(=C4\C=CC=CC4C)[n+](=C)c3)C[C@H](CCC3=C[N+](=C)[C-](c4ccccc4C)C=C3)C2)C=C[C-]1c1ccccc1C. The fourth-order valence-corrected chi connectivity index (χ4v) is 9.19. The summed E-state index contributed by atoms with van der Waals surface area (Å²) in [6, 6.07) is 24.1. The van der Waals surface area contributed by atoms with Crippen molar-refractivity contribution in [1.29, 1.82) is 0 Å². The Bertz CT molecular complexity index is 2090. The van der Waals surface area contributed by atoms with Crippen LogP contribution in [0.2, 0.25) is 0 Å². The average molecular weight is 713 g/mol. The van der Waals surface area contributed by atoms with Gasteiger partial charge in [0.2, 0.25) is 5.35 Å². The highest BCUT2D eigenvalue weighted by Gasteiger charge is 2.30. The third-order valence-corrected chi connectivity index (χ3v) is 12.2. The Morgan fingerprint density at radius 2 is 1.15 bits per heavy atom. The van der Waals surface area contributed by atoms with Crippen LogP contribution in [0.25, 0.3) is 5.57 Å². The van der Waals surface area contributed by atoms with Crippen molar-refractivity contribution >= 4 is 19.0 Å². The lowest BCUT2D eigenvalue weighted by molar-refractivity contribution is -0.514. The first-order chi connectivity index (χ1) is 26.2. The molecular formula is C51H58N3+. The zero-order valence-electron chi connectivity index (χ0n) is 32.8. The number of hydrogen-bond donors (Lipinski definition) is 0. The number of aryl methyl sites for hydroxylation is 3. The molecule has 0 bridgehead atoms. The Kier molecular flexibility index (Phi) is 11.6. The summed E-state index contributed by atoms with van der Waals surface area (Å²) in [6.07, 6.45) is 35.7. The third kappa shape index (κ3) is 8.79. The summed E-state index contributed by atoms with van der Waals surface area (Å²) in [6.45, 7) is 19.8. The van der Waals surface area contributed by atoms with Crippen molar-refractivity contribution in [3.05, 3.63) is 191 Å². The van der Waals surface area contributed by atoms with E-state index in [4.69, 9.17) is 0 Å². The van der Waals surface area contributed by atoms with Gasteiger partial charge in [0, 0.05) is 23.1 Å². The van der Waals surface area contributed by atoms with E-state index in [1.54, 1.807) is 0 Å². The van der Waals surface area contributed by atoms with Gasteiger partial charge in [-0.3, -0.25) is 9.15 Å². The van der Waals surface area contributed by atoms with Gasteiger partial charge in [0.05, 0.1) is 13.4 Å². The molecule has 276 valence electrons. The van der Waals surface area contributed by atoms with Gasteiger partial charge in [-0.1, -0.05) is 105 Å². The van der Waals surface area contributed by atoms with Gasteiger partial charge in [-0.15, -0.1) is 12.1 Å². The fourth-order valence-electron chi connectivity index (χ4n) is 9.19. The van der Waals surface area contributed by atoms with Gasteiger partial charge in [-0.25, -0.2) is 0 Å². The first-order valence-electron chi connectivity index (χ1n) is 20.1. The lowest BCUT2D eigenvalue weighted by Gasteiger charge is -2.36. The maximum absolute atomic E-state index is 4.41. The van der Waals surface area contributed by atoms with Crippen molar-refractivity contribution in [3.8, 4) is 0 Å². The minimum absolute atomic E-state index is 0.402. The Morgan fingerprint density at radius 3 is 1.63 bits per heavy atom. The summed E-state index contributed by atoms with van der Waals surface area (Å²) >= 11 is 0. The highest BCUT2D eigenvalue weighted by molar-refractivity contribution is 5.61. The van der Waals surface area contributed by atoms with E-state index in [1.807, 2.05) is 0 Å². The molecule has 3 heterocycles. The number of rotatable bonds is 11. The Hall–Kier alpha value is -5.15. The molecule has 2 unspecified atom stereocenters. The van der Waals surface area contributed by atoms with Crippen molar-refractivity contribution in [3.63, 3.8) is 0 Å². The van der Waals surface area contributed by atoms with Crippen LogP contribution in [0, 0.1) is 56.3 Å². The summed E-state index contributed by atoms with van der Waals surface area (Å²) in [4.78, 5) is 0. The lowest BCUT2D eigenvalue weighted by atomic mass is 9.70. The summed E-state index contributed by atoms with van der Waals surface area (Å²) in [5.41, 5.74) is 10.5. The second-order valence-corrected chi connectivity index (χ2v) is 16.2. The van der Waals surface area contributed by atoms with Gasteiger partial charge >= 0.3 is 0 Å². The third-order valence-electron chi connectivity index (χ3n) is 12.2. The predicted molar refractivity (Wildman–Crippen MR) is 225 cm³/mol. The van der Waals surface area contributed by atoms with Crippen LogP contribution in [0.1, 0.15) is 86.1 Å². The van der Waals surface area contributed by atoms with Gasteiger partial charge in [-0.05, 0) is 116 Å². The minimum Gasteiger partial charge on any atom is -0.255 e. The Labute approximate surface area is 324 Å². The normalized spacial score (nSPS) is 23.5. The maximum atomic E-state index is 4.41. The zero-order valence-corrected chi connectivity index (χ0v) is 32.8. The fraction of sp³-hybridized carbons (Fsp3) is 0.314. The van der Waals surface area contributed by atoms with E-state index in [-0.39, 0.29) is 0 Å². The van der Waals surface area contributed by atoms with Gasteiger partial charge in [-0.2, -0.15) is 4.24 Å². The van der Waals surface area contributed by atoms with Crippen molar-refractivity contribution < 1.29 is 13.4 Å². The largest absolute Gasteiger partial charge is 0.255 e. The second-order valence-electron chi connectivity index (χ2n) is 16.2. The Balaban J connectivity index is 1.01. The second kappa shape index (κ2) is 16.9. The van der Waals surface area contributed by atoms with Crippen molar-refractivity contribution in [2.45, 2.75) is 78.6 Å². The van der Waals surface area contributed by atoms with Crippen LogP contribution in [0.3, 0.4) is 0 Å². The molecule has 0 saturated heterocycles. The topological polar surface area (TPSA) is 11.9 Å². The van der Waals surface area contributed by atoms with E-state index >= 15 is 0 Å². The molecule has 1 saturated carbocycles. The monoisotopic (exact) mass is 712 g/mol. The molecule has 3 aromatic rings. The number of aromatic nitrogens is 1. The van der Waals surface area contributed by atoms with Crippen LogP contribution in [-0.4, -0.2) is 22.6 Å². The highest BCUT2D eigenvalue weighted by Crippen LogP contribution is 2.41. The van der Waals surface area contributed by atoms with Gasteiger partial charge in [0.25, 0.3) is 0 Å². The molecule has 1 aromatic heterocycles. The summed E-state index contributed by atoms with van der Waals surface area (Å²) < 4.78 is 6.24. The quantitative estimate of drug-likeness (QED) is 0.139. The number of allylic oxidation sites excluding steroid dienone is 8. The van der Waals surface area contributed by atoms with Crippen molar-refractivity contribution in [2.75, 3.05) is 0 Å². The molecule has 2 aromatic carbocycles. The molecule has 2 aliphatic carbocycles. The lowest BCUT2D eigenvalue weighted by Crippen LogP contribution is -2.38. The van der Waals surface area contributed by atoms with Crippen LogP contribution in [0.5, 0.6) is 0 Å². The van der Waals surface area contributed by atoms with E-state index in [2.05, 4.69) is 182 Å². The first kappa shape index (κ1) is 37.2. The molecule has 3 nitrogen and oxygen atoms in total. The molecular weight excluding hydrogens is 655 g/mol. The molecule has 0 N–H and O–H groups in total. The molecule has 0 amide bonds. The molecule has 0 spiro atoms.